The molecule has 154 valence electrons. The quantitative estimate of drug-likeness (QED) is 0.506. The van der Waals surface area contributed by atoms with E-state index in [4.69, 9.17) is 10.2 Å². The Labute approximate surface area is 168 Å². The monoisotopic (exact) mass is 414 g/mol. The molecule has 2 aromatic rings. The fourth-order valence-corrected chi connectivity index (χ4v) is 2.13. The van der Waals surface area contributed by atoms with Gasteiger partial charge in [-0.05, 0) is 48.5 Å². The molecule has 0 bridgehead atoms. The van der Waals surface area contributed by atoms with Crippen LogP contribution in [0, 0.1) is 0 Å². The number of ether oxygens (including phenoxy) is 2. The van der Waals surface area contributed by atoms with Crippen molar-refractivity contribution in [3.63, 3.8) is 0 Å². The van der Waals surface area contributed by atoms with Crippen molar-refractivity contribution in [2.45, 2.75) is 12.8 Å². The van der Waals surface area contributed by atoms with E-state index in [1.807, 2.05) is 0 Å². The second-order valence-electron chi connectivity index (χ2n) is 5.79. The van der Waals surface area contributed by atoms with Gasteiger partial charge in [-0.1, -0.05) is 0 Å². The molecule has 0 unspecified atom stereocenters. The van der Waals surface area contributed by atoms with Crippen molar-refractivity contribution in [2.24, 2.45) is 0 Å². The third-order valence-electron chi connectivity index (χ3n) is 3.68. The van der Waals surface area contributed by atoms with Crippen molar-refractivity contribution in [1.82, 2.24) is 0 Å². The number of carbonyl (C=O) groups is 6. The highest BCUT2D eigenvalue weighted by atomic mass is 16.6. The zero-order chi connectivity index (χ0) is 22.3. The second kappa shape index (κ2) is 9.73. The third-order valence-corrected chi connectivity index (χ3v) is 3.68. The summed E-state index contributed by atoms with van der Waals surface area (Å²) in [6.07, 6.45) is -1.08. The lowest BCUT2D eigenvalue weighted by atomic mass is 10.1. The number of carbonyl (C=O) groups excluding carboxylic acids is 4. The van der Waals surface area contributed by atoms with Gasteiger partial charge in [0.2, 0.25) is 0 Å². The van der Waals surface area contributed by atoms with Crippen LogP contribution in [0.4, 0.5) is 0 Å². The summed E-state index contributed by atoms with van der Waals surface area (Å²) in [6.45, 7) is 0. The number of hydrogen-bond donors (Lipinski definition) is 2. The molecule has 2 N–H and O–H groups in total. The number of benzene rings is 2. The van der Waals surface area contributed by atoms with Crippen LogP contribution in [0.15, 0.2) is 48.5 Å². The Morgan fingerprint density at radius 1 is 0.533 bits per heavy atom. The Hall–Kier alpha value is -4.34. The van der Waals surface area contributed by atoms with Crippen LogP contribution in [0.5, 0.6) is 0 Å². The van der Waals surface area contributed by atoms with Gasteiger partial charge in [-0.3, -0.25) is 9.59 Å². The van der Waals surface area contributed by atoms with Crippen molar-refractivity contribution < 1.29 is 48.5 Å². The number of hydrogen-bond acceptors (Lipinski definition) is 8. The van der Waals surface area contributed by atoms with Crippen molar-refractivity contribution in [2.75, 3.05) is 0 Å². The lowest BCUT2D eigenvalue weighted by Crippen LogP contribution is -2.17. The molecule has 0 heterocycles. The molecule has 10 heteroatoms. The van der Waals surface area contributed by atoms with Gasteiger partial charge < -0.3 is 19.7 Å². The molecular weight excluding hydrogens is 400 g/mol. The molecule has 0 spiro atoms. The van der Waals surface area contributed by atoms with Crippen molar-refractivity contribution in [1.29, 1.82) is 0 Å². The third kappa shape index (κ3) is 6.09. The largest absolute Gasteiger partial charge is 0.478 e. The highest BCUT2D eigenvalue weighted by Gasteiger charge is 2.18. The fraction of sp³-hybridized carbons (Fsp3) is 0.100. The van der Waals surface area contributed by atoms with Gasteiger partial charge in [0, 0.05) is 0 Å². The molecule has 2 aromatic carbocycles. The van der Waals surface area contributed by atoms with Gasteiger partial charge in [0.1, 0.15) is 0 Å². The first-order valence-corrected chi connectivity index (χ1v) is 8.34. The van der Waals surface area contributed by atoms with Crippen LogP contribution in [0.2, 0.25) is 0 Å². The Bertz CT molecular complexity index is 919. The Morgan fingerprint density at radius 3 is 1.07 bits per heavy atom. The van der Waals surface area contributed by atoms with Gasteiger partial charge in [-0.2, -0.15) is 0 Å². The van der Waals surface area contributed by atoms with E-state index in [1.165, 1.54) is 24.3 Å². The smallest absolute Gasteiger partial charge is 0.345 e. The van der Waals surface area contributed by atoms with Crippen molar-refractivity contribution in [3.8, 4) is 0 Å². The fourth-order valence-electron chi connectivity index (χ4n) is 2.13. The highest BCUT2D eigenvalue weighted by molar-refractivity contribution is 6.00. The Morgan fingerprint density at radius 2 is 0.800 bits per heavy atom. The van der Waals surface area contributed by atoms with Crippen LogP contribution in [0.25, 0.3) is 0 Å². The minimum Gasteiger partial charge on any atom is -0.478 e. The molecule has 30 heavy (non-hydrogen) atoms. The summed E-state index contributed by atoms with van der Waals surface area (Å²) in [6, 6.07) is 9.32. The minimum atomic E-state index is -1.18. The molecular formula is C20H14O10. The first kappa shape index (κ1) is 22.0. The van der Waals surface area contributed by atoms with Crippen LogP contribution in [0.1, 0.15) is 54.3 Å². The Kier molecular flexibility index (Phi) is 7.12. The molecule has 10 nitrogen and oxygen atoms in total. The van der Waals surface area contributed by atoms with Gasteiger partial charge >= 0.3 is 35.8 Å². The number of carboxylic acid groups (broad SMARTS) is 2. The van der Waals surface area contributed by atoms with E-state index in [0.29, 0.717) is 0 Å². The van der Waals surface area contributed by atoms with E-state index >= 15 is 0 Å². The average Bonchev–Trinajstić information content (AvgIpc) is 2.72. The zero-order valence-corrected chi connectivity index (χ0v) is 15.2. The first-order valence-electron chi connectivity index (χ1n) is 8.34. The van der Waals surface area contributed by atoms with Gasteiger partial charge in [-0.15, -0.1) is 0 Å². The molecule has 0 aliphatic heterocycles. The molecule has 0 amide bonds. The molecule has 0 radical (unpaired) electrons. The molecule has 0 aliphatic carbocycles. The van der Waals surface area contributed by atoms with Crippen LogP contribution in [-0.4, -0.2) is 46.0 Å². The van der Waals surface area contributed by atoms with Crippen molar-refractivity contribution >= 4 is 35.8 Å². The van der Waals surface area contributed by atoms with Gasteiger partial charge in [-0.25, -0.2) is 19.2 Å². The second-order valence-corrected chi connectivity index (χ2v) is 5.79. The number of aromatic carboxylic acids is 2. The topological polar surface area (TPSA) is 161 Å². The predicted molar refractivity (Wildman–Crippen MR) is 96.9 cm³/mol. The molecule has 0 aromatic heterocycles. The summed E-state index contributed by atoms with van der Waals surface area (Å²) in [4.78, 5) is 68.5. The Balaban J connectivity index is 1.81. The lowest BCUT2D eigenvalue weighted by Gasteiger charge is -2.05. The molecule has 0 saturated heterocycles. The van der Waals surface area contributed by atoms with E-state index < -0.39 is 48.7 Å². The molecule has 0 atom stereocenters. The summed E-state index contributed by atoms with van der Waals surface area (Å²) >= 11 is 0. The number of carboxylic acids is 2. The number of esters is 4. The summed E-state index contributed by atoms with van der Waals surface area (Å²) in [5.74, 6) is -6.51. The highest BCUT2D eigenvalue weighted by Crippen LogP contribution is 2.09. The summed E-state index contributed by atoms with van der Waals surface area (Å²) in [5, 5.41) is 17.6. The predicted octanol–water partition coefficient (Wildman–Crippen LogP) is 1.93. The van der Waals surface area contributed by atoms with Crippen LogP contribution < -0.4 is 0 Å². The summed E-state index contributed by atoms with van der Waals surface area (Å²) < 4.78 is 9.08. The number of rotatable bonds is 7. The lowest BCUT2D eigenvalue weighted by molar-refractivity contribution is -0.144. The van der Waals surface area contributed by atoms with E-state index in [2.05, 4.69) is 9.47 Å². The molecule has 0 aliphatic rings. The maximum absolute atomic E-state index is 11.8. The van der Waals surface area contributed by atoms with Crippen LogP contribution in [-0.2, 0) is 19.1 Å². The average molecular weight is 414 g/mol. The summed E-state index contributed by atoms with van der Waals surface area (Å²) in [7, 11) is 0. The van der Waals surface area contributed by atoms with Gasteiger partial charge in [0.15, 0.2) is 0 Å². The normalized spacial score (nSPS) is 10.0. The van der Waals surface area contributed by atoms with Gasteiger partial charge in [0.25, 0.3) is 0 Å². The van der Waals surface area contributed by atoms with Crippen LogP contribution in [0.3, 0.4) is 0 Å². The SMILES string of the molecule is O=C(CCC(=O)OC(=O)c1ccc(C(=O)O)cc1)OC(=O)c1ccc(C(=O)O)cc1. The maximum Gasteiger partial charge on any atom is 0.345 e. The molecule has 0 fully saturated rings. The molecule has 0 saturated carbocycles. The van der Waals surface area contributed by atoms with Crippen LogP contribution >= 0.6 is 0 Å². The van der Waals surface area contributed by atoms with E-state index in [9.17, 15) is 28.8 Å². The standard InChI is InChI=1S/C20H14O10/c21-15(29-19(27)13-5-1-11(2-6-13)17(23)24)9-10-16(22)30-20(28)14-7-3-12(4-8-14)18(25)26/h1-8H,9-10H2,(H,23,24)(H,25,26). The van der Waals surface area contributed by atoms with Gasteiger partial charge in [0.05, 0.1) is 35.1 Å². The van der Waals surface area contributed by atoms with E-state index in [0.717, 1.165) is 24.3 Å². The minimum absolute atomic E-state index is 0.0529. The van der Waals surface area contributed by atoms with E-state index in [1.54, 1.807) is 0 Å². The summed E-state index contributed by atoms with van der Waals surface area (Å²) in [5.41, 5.74) is -0.224. The first-order chi connectivity index (χ1) is 14.2. The molecule has 2 rings (SSSR count). The van der Waals surface area contributed by atoms with Crippen molar-refractivity contribution in [3.05, 3.63) is 70.8 Å². The zero-order valence-electron chi connectivity index (χ0n) is 15.2. The van der Waals surface area contributed by atoms with E-state index in [-0.39, 0.29) is 22.3 Å². The maximum atomic E-state index is 11.8.